The Kier molecular flexibility index (Phi) is 6.69. The van der Waals surface area contributed by atoms with Crippen LogP contribution in [0.15, 0.2) is 23.1 Å². The average Bonchev–Trinajstić information content (AvgIpc) is 2.98. The van der Waals surface area contributed by atoms with Crippen LogP contribution in [0.5, 0.6) is 0 Å². The van der Waals surface area contributed by atoms with Gasteiger partial charge in [0.05, 0.1) is 5.75 Å². The van der Waals surface area contributed by atoms with Gasteiger partial charge >= 0.3 is 12.0 Å². The van der Waals surface area contributed by atoms with E-state index in [0.717, 1.165) is 17.7 Å². The van der Waals surface area contributed by atoms with E-state index in [1.807, 2.05) is 6.07 Å². The fraction of sp³-hybridized carbons (Fsp3) is 0.526. The number of thioether (sulfide) groups is 1. The van der Waals surface area contributed by atoms with E-state index in [4.69, 9.17) is 4.74 Å². The third kappa shape index (κ3) is 6.37. The molecule has 1 aliphatic rings. The summed E-state index contributed by atoms with van der Waals surface area (Å²) in [6.07, 6.45) is 2.36. The molecule has 6 nitrogen and oxygen atoms in total. The Morgan fingerprint density at radius 2 is 1.88 bits per heavy atom. The number of benzene rings is 1. The zero-order chi connectivity index (χ0) is 19.3. The Bertz CT molecular complexity index is 697. The molecule has 1 unspecified atom stereocenters. The van der Waals surface area contributed by atoms with E-state index in [1.165, 1.54) is 36.2 Å². The molecule has 142 valence electrons. The number of nitrogens with one attached hydrogen (secondary N) is 2. The number of imide groups is 1. The molecule has 0 aliphatic heterocycles. The third-order valence-electron chi connectivity index (χ3n) is 3.83. The highest BCUT2D eigenvalue weighted by molar-refractivity contribution is 8.00. The van der Waals surface area contributed by atoms with Gasteiger partial charge in [0.25, 0.3) is 5.91 Å². The second-order valence-corrected chi connectivity index (χ2v) is 8.45. The van der Waals surface area contributed by atoms with Gasteiger partial charge in [0.15, 0.2) is 6.10 Å². The number of carbonyl (C=O) groups is 3. The number of hydrogen-bond acceptors (Lipinski definition) is 5. The van der Waals surface area contributed by atoms with Gasteiger partial charge in [-0.05, 0) is 70.2 Å². The Morgan fingerprint density at radius 3 is 2.58 bits per heavy atom. The SMILES string of the molecule is CC(OC(=O)CSc1ccc2c(c1)CCC2)C(=O)NC(=O)NC(C)(C)C. The van der Waals surface area contributed by atoms with Gasteiger partial charge < -0.3 is 10.1 Å². The largest absolute Gasteiger partial charge is 0.452 e. The summed E-state index contributed by atoms with van der Waals surface area (Å²) in [6, 6.07) is 5.63. The zero-order valence-electron chi connectivity index (χ0n) is 15.7. The lowest BCUT2D eigenvalue weighted by atomic mass is 10.1. The molecule has 0 saturated carbocycles. The number of hydrogen-bond donors (Lipinski definition) is 2. The van der Waals surface area contributed by atoms with E-state index in [-0.39, 0.29) is 5.75 Å². The van der Waals surface area contributed by atoms with E-state index >= 15 is 0 Å². The van der Waals surface area contributed by atoms with Gasteiger partial charge in [-0.15, -0.1) is 11.8 Å². The first kappa shape index (κ1) is 20.3. The maximum atomic E-state index is 12.0. The van der Waals surface area contributed by atoms with Gasteiger partial charge in [-0.25, -0.2) is 4.79 Å². The molecule has 1 atom stereocenters. The first-order valence-corrected chi connectivity index (χ1v) is 9.70. The molecule has 3 amide bonds. The predicted octanol–water partition coefficient (Wildman–Crippen LogP) is 2.82. The Hall–Kier alpha value is -2.02. The van der Waals surface area contributed by atoms with Gasteiger partial charge in [-0.3, -0.25) is 14.9 Å². The van der Waals surface area contributed by atoms with Crippen LogP contribution in [0.2, 0.25) is 0 Å². The van der Waals surface area contributed by atoms with Crippen molar-refractivity contribution in [3.8, 4) is 0 Å². The van der Waals surface area contributed by atoms with E-state index in [0.29, 0.717) is 0 Å². The first-order valence-electron chi connectivity index (χ1n) is 8.71. The smallest absolute Gasteiger partial charge is 0.321 e. The molecule has 2 rings (SSSR count). The predicted molar refractivity (Wildman–Crippen MR) is 101 cm³/mol. The molecule has 0 radical (unpaired) electrons. The van der Waals surface area contributed by atoms with Gasteiger partial charge in [-0.2, -0.15) is 0 Å². The zero-order valence-corrected chi connectivity index (χ0v) is 16.5. The lowest BCUT2D eigenvalue weighted by molar-refractivity contribution is -0.151. The molecular weight excluding hydrogens is 352 g/mol. The lowest BCUT2D eigenvalue weighted by Crippen LogP contribution is -2.50. The molecular formula is C19H26N2O4S. The van der Waals surface area contributed by atoms with Crippen LogP contribution in [0.1, 0.15) is 45.2 Å². The van der Waals surface area contributed by atoms with Gasteiger partial charge in [0.2, 0.25) is 0 Å². The minimum atomic E-state index is -1.03. The number of rotatable bonds is 5. The normalized spacial score (nSPS) is 14.3. The number of carbonyl (C=O) groups excluding carboxylic acids is 3. The first-order chi connectivity index (χ1) is 12.1. The fourth-order valence-corrected chi connectivity index (χ4v) is 3.39. The summed E-state index contributed by atoms with van der Waals surface area (Å²) in [4.78, 5) is 36.6. The van der Waals surface area contributed by atoms with Crippen LogP contribution in [0, 0.1) is 0 Å². The van der Waals surface area contributed by atoms with Crippen molar-refractivity contribution in [1.29, 1.82) is 0 Å². The van der Waals surface area contributed by atoms with Crippen molar-refractivity contribution in [1.82, 2.24) is 10.6 Å². The summed E-state index contributed by atoms with van der Waals surface area (Å²) >= 11 is 1.38. The summed E-state index contributed by atoms with van der Waals surface area (Å²) in [5.74, 6) is -1.03. The number of esters is 1. The van der Waals surface area contributed by atoms with Crippen LogP contribution in [0.3, 0.4) is 0 Å². The van der Waals surface area contributed by atoms with Crippen LogP contribution < -0.4 is 10.6 Å². The molecule has 1 aromatic rings. The summed E-state index contributed by atoms with van der Waals surface area (Å²) in [6.45, 7) is 6.85. The Labute approximate surface area is 158 Å². The second-order valence-electron chi connectivity index (χ2n) is 7.40. The van der Waals surface area contributed by atoms with E-state index in [1.54, 1.807) is 20.8 Å². The third-order valence-corrected chi connectivity index (χ3v) is 4.80. The highest BCUT2D eigenvalue weighted by Crippen LogP contribution is 2.27. The molecule has 0 fully saturated rings. The number of urea groups is 1. The van der Waals surface area contributed by atoms with Crippen molar-refractivity contribution < 1.29 is 19.1 Å². The summed E-state index contributed by atoms with van der Waals surface area (Å²) in [7, 11) is 0. The van der Waals surface area contributed by atoms with Crippen molar-refractivity contribution >= 4 is 29.7 Å². The van der Waals surface area contributed by atoms with E-state index < -0.39 is 29.6 Å². The average molecular weight is 378 g/mol. The number of ether oxygens (including phenoxy) is 1. The topological polar surface area (TPSA) is 84.5 Å². The fourth-order valence-electron chi connectivity index (χ4n) is 2.65. The van der Waals surface area contributed by atoms with Crippen molar-refractivity contribution in [2.75, 3.05) is 5.75 Å². The van der Waals surface area contributed by atoms with E-state index in [2.05, 4.69) is 22.8 Å². The van der Waals surface area contributed by atoms with Gasteiger partial charge in [-0.1, -0.05) is 6.07 Å². The van der Waals surface area contributed by atoms with Gasteiger partial charge in [0, 0.05) is 10.4 Å². The molecule has 1 aromatic carbocycles. The van der Waals surface area contributed by atoms with Gasteiger partial charge in [0.1, 0.15) is 0 Å². The van der Waals surface area contributed by atoms with Crippen LogP contribution in [-0.4, -0.2) is 35.3 Å². The molecule has 2 N–H and O–H groups in total. The number of fused-ring (bicyclic) bond motifs is 1. The van der Waals surface area contributed by atoms with Crippen LogP contribution in [0.4, 0.5) is 4.79 Å². The molecule has 7 heteroatoms. The minimum absolute atomic E-state index is 0.116. The standard InChI is InChI=1S/C19H26N2O4S/c1-12(17(23)20-18(24)21-19(2,3)4)25-16(22)11-26-15-9-8-13-6-5-7-14(13)10-15/h8-10,12H,5-7,11H2,1-4H3,(H2,20,21,23,24). The van der Waals surface area contributed by atoms with Crippen molar-refractivity contribution in [2.45, 2.75) is 63.5 Å². The molecule has 1 aliphatic carbocycles. The molecule has 0 spiro atoms. The molecule has 0 bridgehead atoms. The number of aryl methyl sites for hydroxylation is 2. The lowest BCUT2D eigenvalue weighted by Gasteiger charge is -2.21. The molecule has 26 heavy (non-hydrogen) atoms. The molecule has 0 saturated heterocycles. The maximum absolute atomic E-state index is 12.0. The quantitative estimate of drug-likeness (QED) is 0.608. The highest BCUT2D eigenvalue weighted by atomic mass is 32.2. The summed E-state index contributed by atoms with van der Waals surface area (Å²) in [5, 5.41) is 4.78. The van der Waals surface area contributed by atoms with Crippen LogP contribution in [0.25, 0.3) is 0 Å². The van der Waals surface area contributed by atoms with Crippen molar-refractivity contribution in [2.24, 2.45) is 0 Å². The Morgan fingerprint density at radius 1 is 1.19 bits per heavy atom. The monoisotopic (exact) mass is 378 g/mol. The Balaban J connectivity index is 1.76. The second kappa shape index (κ2) is 8.58. The maximum Gasteiger partial charge on any atom is 0.321 e. The number of amides is 3. The summed E-state index contributed by atoms with van der Waals surface area (Å²) < 4.78 is 5.11. The summed E-state index contributed by atoms with van der Waals surface area (Å²) in [5.41, 5.74) is 2.27. The van der Waals surface area contributed by atoms with Crippen molar-refractivity contribution in [3.63, 3.8) is 0 Å². The van der Waals surface area contributed by atoms with E-state index in [9.17, 15) is 14.4 Å². The van der Waals surface area contributed by atoms with Crippen LogP contribution >= 0.6 is 11.8 Å². The van der Waals surface area contributed by atoms with Crippen LogP contribution in [-0.2, 0) is 27.2 Å². The minimum Gasteiger partial charge on any atom is -0.452 e. The highest BCUT2D eigenvalue weighted by Gasteiger charge is 2.22. The molecule has 0 aromatic heterocycles. The molecule has 0 heterocycles. The van der Waals surface area contributed by atoms with Crippen molar-refractivity contribution in [3.05, 3.63) is 29.3 Å².